The number of anilines is 1. The Hall–Kier alpha value is -1.55. The Labute approximate surface area is 131 Å². The van der Waals surface area contributed by atoms with Gasteiger partial charge in [0.05, 0.1) is 6.10 Å². The van der Waals surface area contributed by atoms with E-state index < -0.39 is 6.10 Å². The van der Waals surface area contributed by atoms with Crippen LogP contribution in [0.5, 0.6) is 0 Å². The maximum Gasteiger partial charge on any atom is 0.0917 e. The van der Waals surface area contributed by atoms with Gasteiger partial charge in [0.25, 0.3) is 0 Å². The zero-order chi connectivity index (χ0) is 15.4. The van der Waals surface area contributed by atoms with Crippen LogP contribution in [0.1, 0.15) is 30.2 Å². The molecule has 0 aliphatic carbocycles. The summed E-state index contributed by atoms with van der Waals surface area (Å²) in [5.74, 6) is 0. The highest BCUT2D eigenvalue weighted by atomic mass is 35.5. The quantitative estimate of drug-likeness (QED) is 0.829. The Morgan fingerprint density at radius 3 is 2.43 bits per heavy atom. The molecular weight excluding hydrogens is 284 g/mol. The van der Waals surface area contributed by atoms with E-state index in [1.165, 1.54) is 5.56 Å². The first kappa shape index (κ1) is 15.8. The van der Waals surface area contributed by atoms with E-state index in [0.717, 1.165) is 10.6 Å². The second kappa shape index (κ2) is 6.94. The molecule has 0 spiro atoms. The van der Waals surface area contributed by atoms with Crippen LogP contribution in [0.2, 0.25) is 5.02 Å². The number of aliphatic hydroxyl groups excluding tert-OH is 1. The maximum absolute atomic E-state index is 10.3. The average Bonchev–Trinajstić information content (AvgIpc) is 2.47. The van der Waals surface area contributed by atoms with Crippen LogP contribution in [0.3, 0.4) is 0 Å². The van der Waals surface area contributed by atoms with E-state index >= 15 is 0 Å². The van der Waals surface area contributed by atoms with Gasteiger partial charge in [-0.25, -0.2) is 0 Å². The van der Waals surface area contributed by atoms with Crippen molar-refractivity contribution in [3.05, 3.63) is 64.7 Å². The van der Waals surface area contributed by atoms with E-state index in [4.69, 9.17) is 17.3 Å². The molecule has 2 rings (SSSR count). The van der Waals surface area contributed by atoms with Crippen molar-refractivity contribution >= 4 is 17.3 Å². The van der Waals surface area contributed by atoms with Crippen LogP contribution >= 0.6 is 11.6 Å². The lowest BCUT2D eigenvalue weighted by molar-refractivity contribution is 0.108. The molecule has 0 saturated heterocycles. The number of likely N-dealkylation sites (N-methyl/N-ethyl adjacent to an activating group) is 1. The summed E-state index contributed by atoms with van der Waals surface area (Å²) in [5.41, 5.74) is 8.43. The lowest BCUT2D eigenvalue weighted by Crippen LogP contribution is -2.27. The highest BCUT2D eigenvalue weighted by molar-refractivity contribution is 6.30. The summed E-state index contributed by atoms with van der Waals surface area (Å²) in [4.78, 5) is 2.11. The highest BCUT2D eigenvalue weighted by Crippen LogP contribution is 2.24. The molecule has 0 amide bonds. The van der Waals surface area contributed by atoms with Gasteiger partial charge in [0.2, 0.25) is 0 Å². The third kappa shape index (κ3) is 4.21. The SMILES string of the molecule is CC(c1ccc(Cl)cc1)N(C)CC(O)c1cccc(N)c1. The van der Waals surface area contributed by atoms with E-state index in [0.29, 0.717) is 12.2 Å². The number of nitrogens with zero attached hydrogens (tertiary/aromatic N) is 1. The van der Waals surface area contributed by atoms with Crippen LogP contribution in [0.25, 0.3) is 0 Å². The first-order valence-electron chi connectivity index (χ1n) is 6.96. The molecular formula is C17H21ClN2O. The normalized spacial score (nSPS) is 14.1. The van der Waals surface area contributed by atoms with Crippen molar-refractivity contribution in [3.8, 4) is 0 Å². The van der Waals surface area contributed by atoms with Gasteiger partial charge in [0.15, 0.2) is 0 Å². The molecule has 3 N–H and O–H groups in total. The van der Waals surface area contributed by atoms with Crippen LogP contribution < -0.4 is 5.73 Å². The first-order valence-corrected chi connectivity index (χ1v) is 7.34. The molecule has 0 radical (unpaired) electrons. The number of benzene rings is 2. The molecule has 0 heterocycles. The van der Waals surface area contributed by atoms with E-state index in [1.54, 1.807) is 0 Å². The minimum Gasteiger partial charge on any atom is -0.399 e. The van der Waals surface area contributed by atoms with Crippen molar-refractivity contribution in [2.75, 3.05) is 19.3 Å². The Bertz CT molecular complexity index is 586. The fourth-order valence-corrected chi connectivity index (χ4v) is 2.42. The Morgan fingerprint density at radius 1 is 1.14 bits per heavy atom. The van der Waals surface area contributed by atoms with Crippen LogP contribution in [0.15, 0.2) is 48.5 Å². The van der Waals surface area contributed by atoms with Crippen LogP contribution in [-0.4, -0.2) is 23.6 Å². The molecule has 0 aliphatic heterocycles. The molecule has 2 unspecified atom stereocenters. The molecule has 2 aromatic carbocycles. The standard InChI is InChI=1S/C17H21ClN2O/c1-12(13-6-8-15(18)9-7-13)20(2)11-17(21)14-4-3-5-16(19)10-14/h3-10,12,17,21H,11,19H2,1-2H3. The summed E-state index contributed by atoms with van der Waals surface area (Å²) < 4.78 is 0. The number of hydrogen-bond donors (Lipinski definition) is 2. The van der Waals surface area contributed by atoms with E-state index in [-0.39, 0.29) is 6.04 Å². The van der Waals surface area contributed by atoms with Crippen LogP contribution in [-0.2, 0) is 0 Å². The van der Waals surface area contributed by atoms with Crippen LogP contribution in [0.4, 0.5) is 5.69 Å². The predicted molar refractivity (Wildman–Crippen MR) is 88.3 cm³/mol. The minimum atomic E-state index is -0.562. The van der Waals surface area contributed by atoms with Gasteiger partial charge in [-0.05, 0) is 49.4 Å². The fraction of sp³-hybridized carbons (Fsp3) is 0.294. The molecule has 0 aliphatic rings. The van der Waals surface area contributed by atoms with Crippen molar-refractivity contribution in [3.63, 3.8) is 0 Å². The van der Waals surface area contributed by atoms with Gasteiger partial charge in [0.1, 0.15) is 0 Å². The Morgan fingerprint density at radius 2 is 1.81 bits per heavy atom. The molecule has 3 nitrogen and oxygen atoms in total. The van der Waals surface area contributed by atoms with Gasteiger partial charge in [0, 0.05) is 23.3 Å². The third-order valence-electron chi connectivity index (χ3n) is 3.77. The van der Waals surface area contributed by atoms with E-state index in [9.17, 15) is 5.11 Å². The van der Waals surface area contributed by atoms with Gasteiger partial charge >= 0.3 is 0 Å². The maximum atomic E-state index is 10.3. The fourth-order valence-electron chi connectivity index (χ4n) is 2.30. The number of aliphatic hydroxyl groups is 1. The summed E-state index contributed by atoms with van der Waals surface area (Å²) in [5, 5.41) is 11.1. The molecule has 0 fully saturated rings. The second-order valence-electron chi connectivity index (χ2n) is 5.35. The molecule has 0 bridgehead atoms. The van der Waals surface area contributed by atoms with E-state index in [1.807, 2.05) is 55.6 Å². The van der Waals surface area contributed by atoms with Gasteiger partial charge in [-0.1, -0.05) is 35.9 Å². The molecule has 4 heteroatoms. The molecule has 0 saturated carbocycles. The number of nitrogens with two attached hydrogens (primary N) is 1. The lowest BCUT2D eigenvalue weighted by Gasteiger charge is -2.27. The van der Waals surface area contributed by atoms with Crippen molar-refractivity contribution in [1.29, 1.82) is 0 Å². The summed E-state index contributed by atoms with van der Waals surface area (Å²) >= 11 is 5.91. The van der Waals surface area contributed by atoms with Crippen LogP contribution in [0, 0.1) is 0 Å². The molecule has 0 aromatic heterocycles. The summed E-state index contributed by atoms with van der Waals surface area (Å²) in [6.07, 6.45) is -0.562. The summed E-state index contributed by atoms with van der Waals surface area (Å²) in [7, 11) is 1.99. The molecule has 2 aromatic rings. The minimum absolute atomic E-state index is 0.193. The second-order valence-corrected chi connectivity index (χ2v) is 5.79. The lowest BCUT2D eigenvalue weighted by atomic mass is 10.0. The third-order valence-corrected chi connectivity index (χ3v) is 4.02. The highest BCUT2D eigenvalue weighted by Gasteiger charge is 2.16. The van der Waals surface area contributed by atoms with Crippen molar-refractivity contribution in [1.82, 2.24) is 4.90 Å². The van der Waals surface area contributed by atoms with Crippen molar-refractivity contribution < 1.29 is 5.11 Å². The zero-order valence-electron chi connectivity index (χ0n) is 12.3. The molecule has 2 atom stereocenters. The zero-order valence-corrected chi connectivity index (χ0v) is 13.1. The van der Waals surface area contributed by atoms with Gasteiger partial charge in [-0.3, -0.25) is 4.90 Å². The van der Waals surface area contributed by atoms with Gasteiger partial charge < -0.3 is 10.8 Å². The first-order chi connectivity index (χ1) is 9.97. The predicted octanol–water partition coefficient (Wildman–Crippen LogP) is 3.65. The monoisotopic (exact) mass is 304 g/mol. The Kier molecular flexibility index (Phi) is 5.23. The number of halogens is 1. The number of rotatable bonds is 5. The summed E-state index contributed by atoms with van der Waals surface area (Å²) in [6.45, 7) is 2.64. The van der Waals surface area contributed by atoms with E-state index in [2.05, 4.69) is 11.8 Å². The summed E-state index contributed by atoms with van der Waals surface area (Å²) in [6, 6.07) is 15.4. The molecule has 112 valence electrons. The number of hydrogen-bond acceptors (Lipinski definition) is 3. The topological polar surface area (TPSA) is 49.5 Å². The van der Waals surface area contributed by atoms with Crippen molar-refractivity contribution in [2.45, 2.75) is 19.1 Å². The number of nitrogen functional groups attached to an aromatic ring is 1. The molecule has 21 heavy (non-hydrogen) atoms. The van der Waals surface area contributed by atoms with Gasteiger partial charge in [-0.15, -0.1) is 0 Å². The average molecular weight is 305 g/mol. The smallest absolute Gasteiger partial charge is 0.0917 e. The van der Waals surface area contributed by atoms with Crippen molar-refractivity contribution in [2.24, 2.45) is 0 Å². The largest absolute Gasteiger partial charge is 0.399 e. The Balaban J connectivity index is 2.03. The van der Waals surface area contributed by atoms with Gasteiger partial charge in [-0.2, -0.15) is 0 Å².